The molecule has 0 saturated carbocycles. The van der Waals surface area contributed by atoms with Crippen LogP contribution in [-0.4, -0.2) is 12.3 Å². The van der Waals surface area contributed by atoms with Crippen LogP contribution in [0.2, 0.25) is 0 Å². The number of aliphatic imine (C=N–C) groups is 1. The smallest absolute Gasteiger partial charge is 0.0391 e. The number of allylic oxidation sites excluding steroid dienone is 5. The van der Waals surface area contributed by atoms with Gasteiger partial charge in [0.25, 0.3) is 0 Å². The van der Waals surface area contributed by atoms with Crippen LogP contribution in [0.25, 0.3) is 5.57 Å². The molecule has 0 aromatic heterocycles. The Labute approximate surface area is 122 Å². The summed E-state index contributed by atoms with van der Waals surface area (Å²) in [5.41, 5.74) is 12.0. The maximum absolute atomic E-state index is 5.81. The van der Waals surface area contributed by atoms with Gasteiger partial charge in [-0.05, 0) is 62.1 Å². The monoisotopic (exact) mass is 268 g/mol. The first-order chi connectivity index (χ1) is 9.45. The van der Waals surface area contributed by atoms with Crippen LogP contribution in [0.5, 0.6) is 0 Å². The molecule has 20 heavy (non-hydrogen) atoms. The average molecular weight is 268 g/mol. The largest absolute Gasteiger partial charge is 0.399 e. The Morgan fingerprint density at radius 3 is 2.50 bits per heavy atom. The SMILES string of the molecule is C=C(C)/C(=C\C=C(/C)c1cccc(N)c1)C(C)=NCC. The van der Waals surface area contributed by atoms with Gasteiger partial charge >= 0.3 is 0 Å². The van der Waals surface area contributed by atoms with Crippen molar-refractivity contribution in [2.24, 2.45) is 4.99 Å². The van der Waals surface area contributed by atoms with Gasteiger partial charge in [0.05, 0.1) is 0 Å². The third-order valence-electron chi connectivity index (χ3n) is 3.09. The molecule has 0 aliphatic carbocycles. The molecule has 0 amide bonds. The molecular formula is C18H24N2. The van der Waals surface area contributed by atoms with Crippen molar-refractivity contribution in [3.8, 4) is 0 Å². The van der Waals surface area contributed by atoms with E-state index in [1.165, 1.54) is 5.57 Å². The standard InChI is InChI=1S/C18H24N2/c1-6-20-15(5)18(13(2)3)11-10-14(4)16-8-7-9-17(19)12-16/h7-12H,2,6,19H2,1,3-5H3/b14-10+,18-11+,20-15?. The van der Waals surface area contributed by atoms with E-state index in [4.69, 9.17) is 5.73 Å². The zero-order valence-corrected chi connectivity index (χ0v) is 12.9. The van der Waals surface area contributed by atoms with Crippen molar-refractivity contribution in [2.75, 3.05) is 12.3 Å². The summed E-state index contributed by atoms with van der Waals surface area (Å²) < 4.78 is 0. The van der Waals surface area contributed by atoms with Crippen LogP contribution in [0.1, 0.15) is 33.3 Å². The van der Waals surface area contributed by atoms with E-state index in [-0.39, 0.29) is 0 Å². The summed E-state index contributed by atoms with van der Waals surface area (Å²) in [5.74, 6) is 0. The number of anilines is 1. The third-order valence-corrected chi connectivity index (χ3v) is 3.09. The minimum atomic E-state index is 0.781. The zero-order chi connectivity index (χ0) is 15.1. The van der Waals surface area contributed by atoms with Crippen molar-refractivity contribution < 1.29 is 0 Å². The summed E-state index contributed by atoms with van der Waals surface area (Å²) >= 11 is 0. The molecule has 0 aliphatic rings. The van der Waals surface area contributed by atoms with Gasteiger partial charge in [-0.25, -0.2) is 0 Å². The molecular weight excluding hydrogens is 244 g/mol. The van der Waals surface area contributed by atoms with Gasteiger partial charge in [-0.1, -0.05) is 30.9 Å². The average Bonchev–Trinajstić information content (AvgIpc) is 2.38. The Balaban J connectivity index is 3.10. The van der Waals surface area contributed by atoms with Crippen molar-refractivity contribution in [1.82, 2.24) is 0 Å². The van der Waals surface area contributed by atoms with Gasteiger partial charge in [-0.2, -0.15) is 0 Å². The zero-order valence-electron chi connectivity index (χ0n) is 12.9. The first-order valence-corrected chi connectivity index (χ1v) is 6.87. The van der Waals surface area contributed by atoms with E-state index in [1.54, 1.807) is 0 Å². The van der Waals surface area contributed by atoms with Gasteiger partial charge in [-0.15, -0.1) is 0 Å². The predicted octanol–water partition coefficient (Wildman–Crippen LogP) is 4.66. The molecule has 0 radical (unpaired) electrons. The second kappa shape index (κ2) is 7.49. The molecule has 0 saturated heterocycles. The maximum Gasteiger partial charge on any atom is 0.0391 e. The van der Waals surface area contributed by atoms with Gasteiger partial charge in [-0.3, -0.25) is 4.99 Å². The van der Waals surface area contributed by atoms with Crippen LogP contribution >= 0.6 is 0 Å². The molecule has 1 rings (SSSR count). The number of benzene rings is 1. The summed E-state index contributed by atoms with van der Waals surface area (Å²) in [6.45, 7) is 12.9. The quantitative estimate of drug-likeness (QED) is 0.471. The highest BCUT2D eigenvalue weighted by atomic mass is 14.7. The van der Waals surface area contributed by atoms with Crippen LogP contribution in [0.15, 0.2) is 59.1 Å². The maximum atomic E-state index is 5.81. The Hall–Kier alpha value is -2.09. The Morgan fingerprint density at radius 2 is 1.95 bits per heavy atom. The molecule has 0 heterocycles. The molecule has 1 aromatic carbocycles. The third kappa shape index (κ3) is 4.54. The van der Waals surface area contributed by atoms with E-state index >= 15 is 0 Å². The normalized spacial score (nSPS) is 13.5. The van der Waals surface area contributed by atoms with Crippen LogP contribution in [-0.2, 0) is 0 Å². The summed E-state index contributed by atoms with van der Waals surface area (Å²) in [6, 6.07) is 7.90. The highest BCUT2D eigenvalue weighted by molar-refractivity contribution is 6.02. The molecule has 2 heteroatoms. The lowest BCUT2D eigenvalue weighted by molar-refractivity contribution is 1.12. The van der Waals surface area contributed by atoms with Crippen molar-refractivity contribution in [3.05, 3.63) is 59.7 Å². The fraction of sp³-hybridized carbons (Fsp3) is 0.278. The minimum Gasteiger partial charge on any atom is -0.399 e. The lowest BCUT2D eigenvalue weighted by Gasteiger charge is -2.06. The van der Waals surface area contributed by atoms with Crippen molar-refractivity contribution in [1.29, 1.82) is 0 Å². The Bertz CT molecular complexity index is 575. The van der Waals surface area contributed by atoms with Crippen LogP contribution in [0.4, 0.5) is 5.69 Å². The van der Waals surface area contributed by atoms with Gasteiger partial charge in [0.2, 0.25) is 0 Å². The van der Waals surface area contributed by atoms with E-state index in [9.17, 15) is 0 Å². The summed E-state index contributed by atoms with van der Waals surface area (Å²) in [6.07, 6.45) is 4.17. The highest BCUT2D eigenvalue weighted by Gasteiger charge is 2.01. The number of hydrogen-bond donors (Lipinski definition) is 1. The summed E-state index contributed by atoms with van der Waals surface area (Å²) in [5, 5.41) is 0. The molecule has 0 unspecified atom stereocenters. The molecule has 106 valence electrons. The van der Waals surface area contributed by atoms with E-state index in [0.29, 0.717) is 0 Å². The van der Waals surface area contributed by atoms with Crippen LogP contribution in [0, 0.1) is 0 Å². The molecule has 0 aliphatic heterocycles. The summed E-state index contributed by atoms with van der Waals surface area (Å²) in [7, 11) is 0. The van der Waals surface area contributed by atoms with E-state index in [0.717, 1.165) is 34.7 Å². The molecule has 2 N–H and O–H groups in total. The first kappa shape index (κ1) is 16.0. The number of nitrogens with zero attached hydrogens (tertiary/aromatic N) is 1. The van der Waals surface area contributed by atoms with E-state index in [2.05, 4.69) is 36.7 Å². The number of nitrogen functional groups attached to an aromatic ring is 1. The van der Waals surface area contributed by atoms with Gasteiger partial charge in [0, 0.05) is 17.9 Å². The first-order valence-electron chi connectivity index (χ1n) is 6.87. The fourth-order valence-electron chi connectivity index (χ4n) is 1.98. The Kier molecular flexibility index (Phi) is 5.98. The molecule has 2 nitrogen and oxygen atoms in total. The lowest BCUT2D eigenvalue weighted by atomic mass is 10.0. The lowest BCUT2D eigenvalue weighted by Crippen LogP contribution is -1.99. The van der Waals surface area contributed by atoms with Crippen molar-refractivity contribution in [2.45, 2.75) is 27.7 Å². The van der Waals surface area contributed by atoms with Gasteiger partial charge in [0.15, 0.2) is 0 Å². The number of hydrogen-bond acceptors (Lipinski definition) is 2. The predicted molar refractivity (Wildman–Crippen MR) is 91.1 cm³/mol. The van der Waals surface area contributed by atoms with Gasteiger partial charge in [0.1, 0.15) is 0 Å². The molecule has 0 fully saturated rings. The van der Waals surface area contributed by atoms with E-state index < -0.39 is 0 Å². The second-order valence-corrected chi connectivity index (χ2v) is 4.90. The van der Waals surface area contributed by atoms with Gasteiger partial charge < -0.3 is 5.73 Å². The van der Waals surface area contributed by atoms with Crippen molar-refractivity contribution in [3.63, 3.8) is 0 Å². The molecule has 0 atom stereocenters. The highest BCUT2D eigenvalue weighted by Crippen LogP contribution is 2.18. The van der Waals surface area contributed by atoms with Crippen molar-refractivity contribution >= 4 is 17.0 Å². The molecule has 0 spiro atoms. The van der Waals surface area contributed by atoms with Crippen LogP contribution in [0.3, 0.4) is 0 Å². The Morgan fingerprint density at radius 1 is 1.25 bits per heavy atom. The fourth-order valence-corrected chi connectivity index (χ4v) is 1.98. The number of rotatable bonds is 5. The molecule has 1 aromatic rings. The minimum absolute atomic E-state index is 0.781. The molecule has 0 bridgehead atoms. The summed E-state index contributed by atoms with van der Waals surface area (Å²) in [4.78, 5) is 4.45. The second-order valence-electron chi connectivity index (χ2n) is 4.90. The van der Waals surface area contributed by atoms with Crippen LogP contribution < -0.4 is 5.73 Å². The number of nitrogens with two attached hydrogens (primary N) is 1. The van der Waals surface area contributed by atoms with E-state index in [1.807, 2.05) is 39.0 Å². The topological polar surface area (TPSA) is 38.4 Å².